The van der Waals surface area contributed by atoms with Crippen molar-refractivity contribution in [3.63, 3.8) is 0 Å². The van der Waals surface area contributed by atoms with Crippen LogP contribution in [-0.4, -0.2) is 44.1 Å². The summed E-state index contributed by atoms with van der Waals surface area (Å²) in [6.07, 6.45) is 9.61. The van der Waals surface area contributed by atoms with Crippen LogP contribution in [0.15, 0.2) is 42.9 Å². The highest BCUT2D eigenvalue weighted by Gasteiger charge is 2.28. The molecule has 3 N–H and O–H groups in total. The fourth-order valence-corrected chi connectivity index (χ4v) is 4.47. The van der Waals surface area contributed by atoms with Crippen LogP contribution in [0.25, 0.3) is 22.3 Å². The third-order valence-corrected chi connectivity index (χ3v) is 6.41. The van der Waals surface area contributed by atoms with Crippen LogP contribution in [0.2, 0.25) is 0 Å². The Kier molecular flexibility index (Phi) is 5.65. The maximum Gasteiger partial charge on any atom is 0.214 e. The van der Waals surface area contributed by atoms with Crippen molar-refractivity contribution in [1.82, 2.24) is 30.2 Å². The molecule has 4 aromatic heterocycles. The number of nitrogens with zero attached hydrogens (tertiary/aromatic N) is 5. The van der Waals surface area contributed by atoms with Crippen molar-refractivity contribution in [2.24, 2.45) is 0 Å². The topological polar surface area (TPSA) is 101 Å². The van der Waals surface area contributed by atoms with E-state index in [4.69, 9.17) is 9.97 Å². The average molecular weight is 475 g/mol. The lowest BCUT2D eigenvalue weighted by molar-refractivity contribution is 0.478. The minimum Gasteiger partial charge on any atom is -0.367 e. The summed E-state index contributed by atoms with van der Waals surface area (Å²) in [5.41, 5.74) is 2.65. The molecule has 0 amide bonds. The molecular formula is C25H24F2N8. The Morgan fingerprint density at radius 1 is 0.914 bits per heavy atom. The molecule has 2 aliphatic rings. The Morgan fingerprint density at radius 3 is 2.60 bits per heavy atom. The van der Waals surface area contributed by atoms with Gasteiger partial charge in [0.15, 0.2) is 17.5 Å². The molecule has 0 aromatic carbocycles. The standard InChI is InChI=1S/C25H24F2N8/c26-18-3-4-20(27)33-24(18)34-21-11-15(5-10-30-21)23-32-19-13-29-12-17(14-1-2-14)22(19)25(35-23)31-16-6-8-28-9-7-16/h3-5,10-14,16,28H,1-2,6-9H2,(H,30,33,34)(H,31,32,35). The number of pyridine rings is 3. The molecule has 1 aliphatic carbocycles. The van der Waals surface area contributed by atoms with Crippen molar-refractivity contribution in [3.05, 3.63) is 60.2 Å². The SMILES string of the molecule is Fc1ccc(F)c(Nc2cc(-c3nc(NC4CCNCC4)c4c(C5CC5)cncc4n3)ccn2)n1. The van der Waals surface area contributed by atoms with Gasteiger partial charge in [-0.25, -0.2) is 19.3 Å². The number of fused-ring (bicyclic) bond motifs is 1. The number of nitrogens with one attached hydrogen (secondary N) is 3. The molecule has 0 unspecified atom stereocenters. The molecule has 10 heteroatoms. The van der Waals surface area contributed by atoms with Gasteiger partial charge in [0.2, 0.25) is 5.95 Å². The van der Waals surface area contributed by atoms with E-state index >= 15 is 0 Å². The van der Waals surface area contributed by atoms with Gasteiger partial charge in [0.05, 0.1) is 11.7 Å². The summed E-state index contributed by atoms with van der Waals surface area (Å²) in [4.78, 5) is 22.0. The highest BCUT2D eigenvalue weighted by molar-refractivity contribution is 5.93. The maximum absolute atomic E-state index is 14.1. The summed E-state index contributed by atoms with van der Waals surface area (Å²) in [5, 5.41) is 10.8. The summed E-state index contributed by atoms with van der Waals surface area (Å²) in [7, 11) is 0. The molecule has 1 aliphatic heterocycles. The Bertz CT molecular complexity index is 1390. The van der Waals surface area contributed by atoms with Gasteiger partial charge in [-0.05, 0) is 74.5 Å². The van der Waals surface area contributed by atoms with Crippen molar-refractivity contribution in [2.75, 3.05) is 23.7 Å². The van der Waals surface area contributed by atoms with Crippen LogP contribution in [0.5, 0.6) is 0 Å². The average Bonchev–Trinajstić information content (AvgIpc) is 3.72. The van der Waals surface area contributed by atoms with Crippen LogP contribution in [-0.2, 0) is 0 Å². The molecule has 5 heterocycles. The molecule has 1 saturated heterocycles. The number of hydrogen-bond acceptors (Lipinski definition) is 8. The van der Waals surface area contributed by atoms with Gasteiger partial charge in [0.1, 0.15) is 11.6 Å². The zero-order chi connectivity index (χ0) is 23.8. The second kappa shape index (κ2) is 9.10. The van der Waals surface area contributed by atoms with Gasteiger partial charge in [-0.15, -0.1) is 0 Å². The molecule has 0 atom stereocenters. The first kappa shape index (κ1) is 21.7. The van der Waals surface area contributed by atoms with E-state index in [1.54, 1.807) is 24.5 Å². The fourth-order valence-electron chi connectivity index (χ4n) is 4.47. The molecule has 8 nitrogen and oxygen atoms in total. The Balaban J connectivity index is 1.40. The van der Waals surface area contributed by atoms with Crippen molar-refractivity contribution < 1.29 is 8.78 Å². The molecule has 4 aromatic rings. The molecular weight excluding hydrogens is 450 g/mol. The Hall–Kier alpha value is -3.79. The zero-order valence-corrected chi connectivity index (χ0v) is 18.9. The van der Waals surface area contributed by atoms with E-state index in [1.807, 2.05) is 6.20 Å². The monoisotopic (exact) mass is 474 g/mol. The predicted octanol–water partition coefficient (Wildman–Crippen LogP) is 4.54. The normalized spacial score (nSPS) is 16.4. The van der Waals surface area contributed by atoms with E-state index in [-0.39, 0.29) is 5.82 Å². The largest absolute Gasteiger partial charge is 0.367 e. The fraction of sp³-hybridized carbons (Fsp3) is 0.320. The Labute approximate surface area is 200 Å². The first-order valence-electron chi connectivity index (χ1n) is 11.8. The first-order chi connectivity index (χ1) is 17.1. The molecule has 0 bridgehead atoms. The van der Waals surface area contributed by atoms with Crippen molar-refractivity contribution in [3.8, 4) is 11.4 Å². The highest BCUT2D eigenvalue weighted by atomic mass is 19.1. The third-order valence-electron chi connectivity index (χ3n) is 6.41. The van der Waals surface area contributed by atoms with Gasteiger partial charge >= 0.3 is 0 Å². The number of piperidine rings is 1. The van der Waals surface area contributed by atoms with Crippen LogP contribution in [0.4, 0.5) is 26.2 Å². The number of halogens is 2. The molecule has 2 fully saturated rings. The zero-order valence-electron chi connectivity index (χ0n) is 18.9. The summed E-state index contributed by atoms with van der Waals surface area (Å²) in [6.45, 7) is 1.93. The Morgan fingerprint density at radius 2 is 1.77 bits per heavy atom. The van der Waals surface area contributed by atoms with Crippen LogP contribution < -0.4 is 16.0 Å². The van der Waals surface area contributed by atoms with Gasteiger partial charge in [-0.2, -0.15) is 9.37 Å². The lowest BCUT2D eigenvalue weighted by Gasteiger charge is -2.25. The van der Waals surface area contributed by atoms with Crippen molar-refractivity contribution >= 4 is 28.4 Å². The molecule has 178 valence electrons. The molecule has 35 heavy (non-hydrogen) atoms. The minimum absolute atomic E-state index is 0.236. The van der Waals surface area contributed by atoms with E-state index in [2.05, 4.69) is 30.9 Å². The molecule has 1 saturated carbocycles. The second-order valence-electron chi connectivity index (χ2n) is 8.98. The summed E-state index contributed by atoms with van der Waals surface area (Å²) < 4.78 is 27.6. The highest BCUT2D eigenvalue weighted by Crippen LogP contribution is 2.44. The molecule has 0 radical (unpaired) electrons. The van der Waals surface area contributed by atoms with Crippen LogP contribution in [0.1, 0.15) is 37.2 Å². The predicted molar refractivity (Wildman–Crippen MR) is 129 cm³/mol. The third kappa shape index (κ3) is 4.61. The van der Waals surface area contributed by atoms with E-state index in [1.165, 1.54) is 5.56 Å². The van der Waals surface area contributed by atoms with Crippen LogP contribution >= 0.6 is 0 Å². The lowest BCUT2D eigenvalue weighted by Crippen LogP contribution is -2.35. The van der Waals surface area contributed by atoms with Gasteiger partial charge in [0, 0.05) is 29.4 Å². The van der Waals surface area contributed by atoms with Crippen LogP contribution in [0.3, 0.4) is 0 Å². The van der Waals surface area contributed by atoms with E-state index in [9.17, 15) is 8.78 Å². The lowest BCUT2D eigenvalue weighted by atomic mass is 10.0. The summed E-state index contributed by atoms with van der Waals surface area (Å²) >= 11 is 0. The second-order valence-corrected chi connectivity index (χ2v) is 8.98. The van der Waals surface area contributed by atoms with Crippen molar-refractivity contribution in [1.29, 1.82) is 0 Å². The number of hydrogen-bond donors (Lipinski definition) is 3. The number of aromatic nitrogens is 5. The molecule has 6 rings (SSSR count). The van der Waals surface area contributed by atoms with Crippen molar-refractivity contribution in [2.45, 2.75) is 37.6 Å². The van der Waals surface area contributed by atoms with Gasteiger partial charge in [0.25, 0.3) is 0 Å². The van der Waals surface area contributed by atoms with E-state index < -0.39 is 11.8 Å². The van der Waals surface area contributed by atoms with E-state index in [0.717, 1.165) is 67.6 Å². The summed E-state index contributed by atoms with van der Waals surface area (Å²) in [5.74, 6) is 0.427. The van der Waals surface area contributed by atoms with Gasteiger partial charge in [-0.1, -0.05) is 0 Å². The van der Waals surface area contributed by atoms with Crippen LogP contribution in [0, 0.1) is 11.8 Å². The van der Waals surface area contributed by atoms with E-state index in [0.29, 0.717) is 29.2 Å². The van der Waals surface area contributed by atoms with Gasteiger partial charge < -0.3 is 16.0 Å². The maximum atomic E-state index is 14.1. The van der Waals surface area contributed by atoms with Gasteiger partial charge in [-0.3, -0.25) is 4.98 Å². The number of anilines is 3. The first-order valence-corrected chi connectivity index (χ1v) is 11.8. The number of rotatable bonds is 6. The minimum atomic E-state index is -0.782. The smallest absolute Gasteiger partial charge is 0.214 e. The quantitative estimate of drug-likeness (QED) is 0.350. The summed E-state index contributed by atoms with van der Waals surface area (Å²) in [6, 6.07) is 5.78. The molecule has 0 spiro atoms.